The molecule has 0 aliphatic heterocycles. The third-order valence-corrected chi connectivity index (χ3v) is 3.07. The highest BCUT2D eigenvalue weighted by Gasteiger charge is 2.08. The van der Waals surface area contributed by atoms with Gasteiger partial charge in [-0.1, -0.05) is 42.0 Å². The van der Waals surface area contributed by atoms with Gasteiger partial charge in [0.25, 0.3) is 5.91 Å². The fourth-order valence-corrected chi connectivity index (χ4v) is 1.99. The standard InChI is InChI=1S/C14H18N4O2/c19-14(16-20)13-11-18(17-15-13)10-6-2-5-9-12-7-3-1-4-8-12/h1,3-4,7-8,11,20H,2,5-6,9-10H2,(H,16,19). The number of unbranched alkanes of at least 4 members (excludes halogenated alkanes) is 2. The van der Waals surface area contributed by atoms with E-state index in [1.807, 2.05) is 6.07 Å². The summed E-state index contributed by atoms with van der Waals surface area (Å²) in [6, 6.07) is 10.4. The van der Waals surface area contributed by atoms with Crippen LogP contribution < -0.4 is 5.48 Å². The quantitative estimate of drug-likeness (QED) is 0.458. The highest BCUT2D eigenvalue weighted by atomic mass is 16.5. The minimum absolute atomic E-state index is 0.122. The van der Waals surface area contributed by atoms with Crippen LogP contribution >= 0.6 is 0 Å². The fraction of sp³-hybridized carbons (Fsp3) is 0.357. The van der Waals surface area contributed by atoms with Gasteiger partial charge in [-0.15, -0.1) is 5.10 Å². The molecular formula is C14H18N4O2. The van der Waals surface area contributed by atoms with E-state index in [2.05, 4.69) is 34.6 Å². The molecule has 2 aromatic rings. The molecule has 0 radical (unpaired) electrons. The number of aromatic nitrogens is 3. The topological polar surface area (TPSA) is 80.0 Å². The van der Waals surface area contributed by atoms with Crippen molar-refractivity contribution in [2.24, 2.45) is 0 Å². The number of carbonyl (C=O) groups is 1. The Labute approximate surface area is 117 Å². The van der Waals surface area contributed by atoms with Crippen LogP contribution in [0.4, 0.5) is 0 Å². The van der Waals surface area contributed by atoms with E-state index in [4.69, 9.17) is 5.21 Å². The molecule has 2 rings (SSSR count). The molecule has 0 bridgehead atoms. The number of hydrogen-bond donors (Lipinski definition) is 2. The van der Waals surface area contributed by atoms with Crippen LogP contribution in [-0.4, -0.2) is 26.1 Å². The van der Waals surface area contributed by atoms with Gasteiger partial charge < -0.3 is 0 Å². The summed E-state index contributed by atoms with van der Waals surface area (Å²) in [6.07, 6.45) is 5.81. The van der Waals surface area contributed by atoms with E-state index < -0.39 is 5.91 Å². The minimum Gasteiger partial charge on any atom is -0.288 e. The van der Waals surface area contributed by atoms with Crippen molar-refractivity contribution in [3.8, 4) is 0 Å². The van der Waals surface area contributed by atoms with Crippen LogP contribution in [0.25, 0.3) is 0 Å². The number of benzene rings is 1. The Morgan fingerprint density at radius 2 is 2.00 bits per heavy atom. The van der Waals surface area contributed by atoms with Crippen LogP contribution in [0.15, 0.2) is 36.5 Å². The summed E-state index contributed by atoms with van der Waals surface area (Å²) in [6.45, 7) is 0.723. The highest BCUT2D eigenvalue weighted by molar-refractivity contribution is 5.90. The third kappa shape index (κ3) is 4.17. The number of hydrogen-bond acceptors (Lipinski definition) is 4. The molecule has 0 aliphatic rings. The average Bonchev–Trinajstić information content (AvgIpc) is 2.96. The summed E-state index contributed by atoms with van der Waals surface area (Å²) in [4.78, 5) is 11.1. The summed E-state index contributed by atoms with van der Waals surface area (Å²) in [5.41, 5.74) is 3.01. The number of aryl methyl sites for hydroxylation is 2. The second kappa shape index (κ2) is 7.40. The van der Waals surface area contributed by atoms with Crippen LogP contribution in [0.1, 0.15) is 35.3 Å². The molecule has 1 aromatic carbocycles. The maximum absolute atomic E-state index is 11.1. The molecule has 106 valence electrons. The lowest BCUT2D eigenvalue weighted by atomic mass is 10.1. The maximum Gasteiger partial charge on any atom is 0.296 e. The van der Waals surface area contributed by atoms with Crippen molar-refractivity contribution >= 4 is 5.91 Å². The molecule has 6 nitrogen and oxygen atoms in total. The molecule has 1 amide bonds. The molecule has 0 aliphatic carbocycles. The van der Waals surface area contributed by atoms with Gasteiger partial charge in [-0.3, -0.25) is 14.7 Å². The first-order valence-corrected chi connectivity index (χ1v) is 6.68. The highest BCUT2D eigenvalue weighted by Crippen LogP contribution is 2.07. The zero-order chi connectivity index (χ0) is 14.2. The fourth-order valence-electron chi connectivity index (χ4n) is 1.99. The van der Waals surface area contributed by atoms with Gasteiger partial charge in [0.15, 0.2) is 5.69 Å². The lowest BCUT2D eigenvalue weighted by Gasteiger charge is -2.02. The van der Waals surface area contributed by atoms with Crippen molar-refractivity contribution in [2.45, 2.75) is 32.2 Å². The van der Waals surface area contributed by atoms with E-state index in [1.165, 1.54) is 17.2 Å². The lowest BCUT2D eigenvalue weighted by molar-refractivity contribution is 0.0700. The molecule has 20 heavy (non-hydrogen) atoms. The first-order chi connectivity index (χ1) is 9.79. The molecule has 6 heteroatoms. The van der Waals surface area contributed by atoms with Crippen molar-refractivity contribution in [3.63, 3.8) is 0 Å². The SMILES string of the molecule is O=C(NO)c1cn(CCCCCc2ccccc2)nn1. The lowest BCUT2D eigenvalue weighted by Crippen LogP contribution is -2.18. The first kappa shape index (κ1) is 14.2. The normalized spacial score (nSPS) is 10.4. The van der Waals surface area contributed by atoms with Crippen molar-refractivity contribution < 1.29 is 10.0 Å². The van der Waals surface area contributed by atoms with Gasteiger partial charge in [0, 0.05) is 6.54 Å². The summed E-state index contributed by atoms with van der Waals surface area (Å²) >= 11 is 0. The Bertz CT molecular complexity index is 539. The molecular weight excluding hydrogens is 256 g/mol. The molecule has 0 spiro atoms. The van der Waals surface area contributed by atoms with E-state index in [9.17, 15) is 4.79 Å². The molecule has 0 fully saturated rings. The zero-order valence-corrected chi connectivity index (χ0v) is 11.2. The van der Waals surface area contributed by atoms with E-state index in [0.717, 1.165) is 32.2 Å². The Hall–Kier alpha value is -2.21. The minimum atomic E-state index is -0.639. The van der Waals surface area contributed by atoms with Gasteiger partial charge in [-0.2, -0.15) is 0 Å². The van der Waals surface area contributed by atoms with Gasteiger partial charge in [0.2, 0.25) is 0 Å². The average molecular weight is 274 g/mol. The number of amides is 1. The second-order valence-corrected chi connectivity index (χ2v) is 4.60. The molecule has 0 unspecified atom stereocenters. The van der Waals surface area contributed by atoms with Crippen molar-refractivity contribution in [1.29, 1.82) is 0 Å². The van der Waals surface area contributed by atoms with Gasteiger partial charge in [-0.05, 0) is 24.8 Å². The number of nitrogens with one attached hydrogen (secondary N) is 1. The van der Waals surface area contributed by atoms with Crippen LogP contribution in [0.2, 0.25) is 0 Å². The van der Waals surface area contributed by atoms with Crippen molar-refractivity contribution in [3.05, 3.63) is 47.8 Å². The monoisotopic (exact) mass is 274 g/mol. The number of hydroxylamine groups is 1. The van der Waals surface area contributed by atoms with Crippen LogP contribution in [-0.2, 0) is 13.0 Å². The van der Waals surface area contributed by atoms with Gasteiger partial charge in [0.1, 0.15) is 0 Å². The Balaban J connectivity index is 1.66. The first-order valence-electron chi connectivity index (χ1n) is 6.68. The largest absolute Gasteiger partial charge is 0.296 e. The molecule has 0 atom stereocenters. The summed E-state index contributed by atoms with van der Waals surface area (Å²) in [5, 5.41) is 16.0. The third-order valence-electron chi connectivity index (χ3n) is 3.07. The van der Waals surface area contributed by atoms with Crippen LogP contribution in [0, 0.1) is 0 Å². The maximum atomic E-state index is 11.1. The Kier molecular flexibility index (Phi) is 5.25. The predicted octanol–water partition coefficient (Wildman–Crippen LogP) is 1.81. The summed E-state index contributed by atoms with van der Waals surface area (Å²) < 4.78 is 1.62. The van der Waals surface area contributed by atoms with Crippen LogP contribution in [0.5, 0.6) is 0 Å². The van der Waals surface area contributed by atoms with E-state index in [-0.39, 0.29) is 5.69 Å². The second-order valence-electron chi connectivity index (χ2n) is 4.60. The van der Waals surface area contributed by atoms with E-state index in [0.29, 0.717) is 0 Å². The van der Waals surface area contributed by atoms with Crippen LogP contribution in [0.3, 0.4) is 0 Å². The molecule has 2 N–H and O–H groups in total. The van der Waals surface area contributed by atoms with Gasteiger partial charge in [0.05, 0.1) is 6.20 Å². The van der Waals surface area contributed by atoms with Gasteiger partial charge in [-0.25, -0.2) is 5.48 Å². The van der Waals surface area contributed by atoms with E-state index in [1.54, 1.807) is 4.68 Å². The smallest absolute Gasteiger partial charge is 0.288 e. The number of carbonyl (C=O) groups excluding carboxylic acids is 1. The Morgan fingerprint density at radius 3 is 2.75 bits per heavy atom. The summed E-state index contributed by atoms with van der Waals surface area (Å²) in [7, 11) is 0. The van der Waals surface area contributed by atoms with Crippen molar-refractivity contribution in [2.75, 3.05) is 0 Å². The molecule has 0 saturated heterocycles. The van der Waals surface area contributed by atoms with Crippen molar-refractivity contribution in [1.82, 2.24) is 20.5 Å². The predicted molar refractivity (Wildman–Crippen MR) is 73.3 cm³/mol. The molecule has 1 aromatic heterocycles. The van der Waals surface area contributed by atoms with Gasteiger partial charge >= 0.3 is 0 Å². The number of nitrogens with zero attached hydrogens (tertiary/aromatic N) is 3. The molecule has 0 saturated carbocycles. The number of rotatable bonds is 7. The zero-order valence-electron chi connectivity index (χ0n) is 11.2. The summed E-state index contributed by atoms with van der Waals surface area (Å²) in [5.74, 6) is -0.639. The Morgan fingerprint density at radius 1 is 1.20 bits per heavy atom. The van der Waals surface area contributed by atoms with E-state index >= 15 is 0 Å². The molecule has 1 heterocycles.